The van der Waals surface area contributed by atoms with Crippen LogP contribution in [0.1, 0.15) is 5.69 Å². The summed E-state index contributed by atoms with van der Waals surface area (Å²) in [5.74, 6) is -0.332. The first-order chi connectivity index (χ1) is 9.26. The number of hydrogen-bond donors (Lipinski definition) is 2. The largest absolute Gasteiger partial charge is 0.573 e. The highest BCUT2D eigenvalue weighted by Gasteiger charge is 2.30. The number of hydrogen-bond acceptors (Lipinski definition) is 3. The molecule has 0 unspecified atom stereocenters. The number of halogens is 3. The van der Waals surface area contributed by atoms with Crippen molar-refractivity contribution < 1.29 is 17.9 Å². The number of rotatable bonds is 2. The molecule has 2 aromatic rings. The number of anilines is 1. The van der Waals surface area contributed by atoms with E-state index in [1.807, 2.05) is 0 Å². The zero-order valence-corrected chi connectivity index (χ0v) is 10.4. The molecule has 0 atom stereocenters. The van der Waals surface area contributed by atoms with Crippen molar-refractivity contribution in [3.8, 4) is 16.9 Å². The number of aromatic nitrogens is 1. The highest BCUT2D eigenvalue weighted by atomic mass is 19.4. The summed E-state index contributed by atoms with van der Waals surface area (Å²) in [5, 5.41) is 0. The van der Waals surface area contributed by atoms with Crippen molar-refractivity contribution in [3.05, 3.63) is 46.4 Å². The molecule has 4 nitrogen and oxygen atoms in total. The summed E-state index contributed by atoms with van der Waals surface area (Å²) >= 11 is 0. The Morgan fingerprint density at radius 1 is 1.20 bits per heavy atom. The van der Waals surface area contributed by atoms with Gasteiger partial charge in [0.2, 0.25) is 0 Å². The van der Waals surface area contributed by atoms with E-state index in [9.17, 15) is 18.0 Å². The van der Waals surface area contributed by atoms with Crippen LogP contribution in [0.3, 0.4) is 0 Å². The molecule has 0 bridgehead atoms. The van der Waals surface area contributed by atoms with Gasteiger partial charge >= 0.3 is 6.36 Å². The van der Waals surface area contributed by atoms with Gasteiger partial charge in [0.15, 0.2) is 0 Å². The Hall–Kier alpha value is -2.44. The summed E-state index contributed by atoms with van der Waals surface area (Å²) < 4.78 is 39.9. The highest BCUT2D eigenvalue weighted by molar-refractivity contribution is 5.76. The van der Waals surface area contributed by atoms with Crippen LogP contribution >= 0.6 is 0 Å². The molecule has 0 spiro atoms. The van der Waals surface area contributed by atoms with E-state index in [-0.39, 0.29) is 11.4 Å². The molecular weight excluding hydrogens is 273 g/mol. The van der Waals surface area contributed by atoms with E-state index in [0.29, 0.717) is 16.8 Å². The van der Waals surface area contributed by atoms with Gasteiger partial charge in [0.05, 0.1) is 0 Å². The van der Waals surface area contributed by atoms with Crippen molar-refractivity contribution in [1.29, 1.82) is 0 Å². The Balaban J connectivity index is 2.38. The number of aromatic amines is 1. The molecule has 0 amide bonds. The van der Waals surface area contributed by atoms with Crippen molar-refractivity contribution >= 4 is 5.69 Å². The second kappa shape index (κ2) is 4.92. The lowest BCUT2D eigenvalue weighted by Crippen LogP contribution is -2.17. The second-order valence-electron chi connectivity index (χ2n) is 4.18. The summed E-state index contributed by atoms with van der Waals surface area (Å²) in [7, 11) is 0. The van der Waals surface area contributed by atoms with E-state index in [2.05, 4.69) is 9.72 Å². The Morgan fingerprint density at radius 3 is 2.35 bits per heavy atom. The molecule has 1 aromatic heterocycles. The zero-order chi connectivity index (χ0) is 14.9. The topological polar surface area (TPSA) is 68.1 Å². The molecule has 2 rings (SSSR count). The first-order valence-corrected chi connectivity index (χ1v) is 5.62. The summed E-state index contributed by atoms with van der Waals surface area (Å²) in [6, 6.07) is 6.80. The molecule has 20 heavy (non-hydrogen) atoms. The van der Waals surface area contributed by atoms with Crippen LogP contribution in [0.2, 0.25) is 0 Å². The van der Waals surface area contributed by atoms with Crippen LogP contribution < -0.4 is 16.0 Å². The molecule has 0 aliphatic heterocycles. The van der Waals surface area contributed by atoms with Gasteiger partial charge in [-0.3, -0.25) is 4.79 Å². The van der Waals surface area contributed by atoms with Crippen LogP contribution in [-0.2, 0) is 0 Å². The minimum atomic E-state index is -4.74. The minimum Gasteiger partial charge on any atom is -0.406 e. The molecule has 7 heteroatoms. The SMILES string of the molecule is Cc1cc(-c2ccc(OC(F)(F)F)cc2)c(N)c(=O)[nH]1. The number of benzene rings is 1. The number of nitrogen functional groups attached to an aromatic ring is 1. The Morgan fingerprint density at radius 2 is 1.80 bits per heavy atom. The molecule has 0 radical (unpaired) electrons. The number of alkyl halides is 3. The number of aryl methyl sites for hydroxylation is 1. The summed E-state index contributed by atoms with van der Waals surface area (Å²) in [4.78, 5) is 14.1. The van der Waals surface area contributed by atoms with Crippen LogP contribution in [0.25, 0.3) is 11.1 Å². The molecule has 3 N–H and O–H groups in total. The number of nitrogens with two attached hydrogens (primary N) is 1. The molecule has 0 saturated carbocycles. The van der Waals surface area contributed by atoms with Gasteiger partial charge in [0, 0.05) is 11.3 Å². The lowest BCUT2D eigenvalue weighted by Gasteiger charge is -2.10. The Labute approximate surface area is 112 Å². The normalized spacial score (nSPS) is 11.4. The second-order valence-corrected chi connectivity index (χ2v) is 4.18. The standard InChI is InChI=1S/C13H11F3N2O2/c1-7-6-10(11(17)12(19)18-7)8-2-4-9(5-3-8)20-13(14,15)16/h2-6H,17H2,1H3,(H,18,19). The van der Waals surface area contributed by atoms with Gasteiger partial charge in [-0.1, -0.05) is 12.1 Å². The smallest absolute Gasteiger partial charge is 0.406 e. The number of ether oxygens (including phenoxy) is 1. The third-order valence-corrected chi connectivity index (χ3v) is 2.61. The number of pyridine rings is 1. The van der Waals surface area contributed by atoms with E-state index in [1.165, 1.54) is 24.3 Å². The maximum absolute atomic E-state index is 12.0. The molecule has 1 aromatic carbocycles. The molecule has 106 valence electrons. The lowest BCUT2D eigenvalue weighted by molar-refractivity contribution is -0.274. The van der Waals surface area contributed by atoms with E-state index < -0.39 is 11.9 Å². The van der Waals surface area contributed by atoms with Crippen LogP contribution in [0, 0.1) is 6.92 Å². The maximum atomic E-state index is 12.0. The van der Waals surface area contributed by atoms with Crippen LogP contribution in [0.4, 0.5) is 18.9 Å². The Bertz CT molecular complexity index is 675. The fourth-order valence-corrected chi connectivity index (χ4v) is 1.77. The van der Waals surface area contributed by atoms with Crippen LogP contribution in [-0.4, -0.2) is 11.3 Å². The Kier molecular flexibility index (Phi) is 3.44. The third kappa shape index (κ3) is 3.11. The van der Waals surface area contributed by atoms with Gasteiger partial charge in [-0.25, -0.2) is 0 Å². The van der Waals surface area contributed by atoms with Crippen molar-refractivity contribution in [3.63, 3.8) is 0 Å². The average molecular weight is 284 g/mol. The molecule has 0 fully saturated rings. The van der Waals surface area contributed by atoms with Gasteiger partial charge in [-0.2, -0.15) is 0 Å². The van der Waals surface area contributed by atoms with Crippen LogP contribution in [0.5, 0.6) is 5.75 Å². The summed E-state index contributed by atoms with van der Waals surface area (Å²) in [5.41, 5.74) is 6.85. The summed E-state index contributed by atoms with van der Waals surface area (Å²) in [6.45, 7) is 1.69. The fourth-order valence-electron chi connectivity index (χ4n) is 1.77. The van der Waals surface area contributed by atoms with E-state index in [4.69, 9.17) is 5.73 Å². The average Bonchev–Trinajstić information content (AvgIpc) is 2.33. The molecule has 1 heterocycles. The maximum Gasteiger partial charge on any atom is 0.573 e. The molecular formula is C13H11F3N2O2. The molecule has 0 saturated heterocycles. The zero-order valence-electron chi connectivity index (χ0n) is 10.4. The van der Waals surface area contributed by atoms with E-state index >= 15 is 0 Å². The number of H-pyrrole nitrogens is 1. The first-order valence-electron chi connectivity index (χ1n) is 5.62. The van der Waals surface area contributed by atoms with Crippen LogP contribution in [0.15, 0.2) is 35.1 Å². The lowest BCUT2D eigenvalue weighted by atomic mass is 10.0. The van der Waals surface area contributed by atoms with Gasteiger partial charge < -0.3 is 15.5 Å². The minimum absolute atomic E-state index is 0.0140. The molecule has 0 aliphatic rings. The summed E-state index contributed by atoms with van der Waals surface area (Å²) in [6.07, 6.45) is -4.74. The van der Waals surface area contributed by atoms with Gasteiger partial charge in [0.1, 0.15) is 11.4 Å². The molecule has 0 aliphatic carbocycles. The van der Waals surface area contributed by atoms with Crippen molar-refractivity contribution in [2.24, 2.45) is 0 Å². The van der Waals surface area contributed by atoms with Gasteiger partial charge in [0.25, 0.3) is 5.56 Å². The predicted molar refractivity (Wildman–Crippen MR) is 68.3 cm³/mol. The fraction of sp³-hybridized carbons (Fsp3) is 0.154. The van der Waals surface area contributed by atoms with Crippen molar-refractivity contribution in [1.82, 2.24) is 4.98 Å². The first kappa shape index (κ1) is 14.0. The third-order valence-electron chi connectivity index (χ3n) is 2.61. The number of nitrogens with one attached hydrogen (secondary N) is 1. The van der Waals surface area contributed by atoms with E-state index in [1.54, 1.807) is 13.0 Å². The van der Waals surface area contributed by atoms with Crippen molar-refractivity contribution in [2.45, 2.75) is 13.3 Å². The van der Waals surface area contributed by atoms with Gasteiger partial charge in [-0.15, -0.1) is 13.2 Å². The monoisotopic (exact) mass is 284 g/mol. The highest BCUT2D eigenvalue weighted by Crippen LogP contribution is 2.28. The quantitative estimate of drug-likeness (QED) is 0.891. The predicted octanol–water partition coefficient (Wildman–Crippen LogP) is 2.83. The van der Waals surface area contributed by atoms with Gasteiger partial charge in [-0.05, 0) is 30.7 Å². The van der Waals surface area contributed by atoms with Crippen molar-refractivity contribution in [2.75, 3.05) is 5.73 Å². The van der Waals surface area contributed by atoms with E-state index in [0.717, 1.165) is 0 Å².